The van der Waals surface area contributed by atoms with Crippen LogP contribution in [0.3, 0.4) is 0 Å². The van der Waals surface area contributed by atoms with Crippen molar-refractivity contribution >= 4 is 12.0 Å². The summed E-state index contributed by atoms with van der Waals surface area (Å²) in [6.07, 6.45) is -5.19. The minimum Gasteiger partial charge on any atom is -0.444 e. The van der Waals surface area contributed by atoms with Crippen LogP contribution in [0.15, 0.2) is 0 Å². The van der Waals surface area contributed by atoms with Crippen LogP contribution in [0, 0.1) is 0 Å². The summed E-state index contributed by atoms with van der Waals surface area (Å²) < 4.78 is 44.2. The van der Waals surface area contributed by atoms with Crippen molar-refractivity contribution in [3.05, 3.63) is 17.0 Å². The number of carbonyl (C=O) groups excluding carboxylic acids is 1. The highest BCUT2D eigenvalue weighted by Gasteiger charge is 2.39. The van der Waals surface area contributed by atoms with Gasteiger partial charge >= 0.3 is 12.3 Å². The van der Waals surface area contributed by atoms with Crippen molar-refractivity contribution < 1.29 is 22.7 Å². The van der Waals surface area contributed by atoms with Gasteiger partial charge in [-0.2, -0.15) is 13.2 Å². The maximum Gasteiger partial charge on any atom is 0.433 e. The van der Waals surface area contributed by atoms with Gasteiger partial charge in [0.25, 0.3) is 0 Å². The van der Waals surface area contributed by atoms with Gasteiger partial charge in [0.05, 0.1) is 12.2 Å². The summed E-state index contributed by atoms with van der Waals surface area (Å²) in [6, 6.07) is 0. The highest BCUT2D eigenvalue weighted by Crippen LogP contribution is 2.34. The summed E-state index contributed by atoms with van der Waals surface area (Å²) in [4.78, 5) is 20.4. The quantitative estimate of drug-likeness (QED) is 0.794. The Balaban J connectivity index is 2.28. The van der Waals surface area contributed by atoms with Gasteiger partial charge in [-0.3, -0.25) is 0 Å². The van der Waals surface area contributed by atoms with E-state index in [1.807, 2.05) is 0 Å². The Morgan fingerprint density at radius 2 is 1.91 bits per heavy atom. The molecule has 0 radical (unpaired) electrons. The number of alkyl halides is 3. The number of amides is 1. The van der Waals surface area contributed by atoms with E-state index in [4.69, 9.17) is 10.5 Å². The molecule has 2 rings (SSSR count). The van der Waals surface area contributed by atoms with Crippen LogP contribution >= 0.6 is 0 Å². The third kappa shape index (κ3) is 3.58. The van der Waals surface area contributed by atoms with Gasteiger partial charge in [-0.05, 0) is 27.2 Å². The molecule has 0 aliphatic carbocycles. The first-order valence-corrected chi connectivity index (χ1v) is 6.68. The van der Waals surface area contributed by atoms with E-state index in [1.165, 1.54) is 4.90 Å². The maximum atomic E-state index is 13.0. The molecule has 0 spiro atoms. The molecule has 0 unspecified atom stereocenters. The predicted octanol–water partition coefficient (Wildman–Crippen LogP) is 2.37. The van der Waals surface area contributed by atoms with Crippen molar-refractivity contribution in [3.63, 3.8) is 0 Å². The van der Waals surface area contributed by atoms with E-state index in [2.05, 4.69) is 9.97 Å². The van der Waals surface area contributed by atoms with Gasteiger partial charge in [0.15, 0.2) is 5.69 Å². The number of hydrogen-bond donors (Lipinski definition) is 1. The minimum atomic E-state index is -4.60. The molecule has 0 atom stereocenters. The van der Waals surface area contributed by atoms with Crippen LogP contribution in [0.25, 0.3) is 0 Å². The van der Waals surface area contributed by atoms with E-state index >= 15 is 0 Å². The van der Waals surface area contributed by atoms with E-state index in [9.17, 15) is 18.0 Å². The van der Waals surface area contributed by atoms with Gasteiger partial charge in [0.1, 0.15) is 5.60 Å². The number of hydrogen-bond acceptors (Lipinski definition) is 5. The number of anilines is 1. The summed E-state index contributed by atoms with van der Waals surface area (Å²) in [5.74, 6) is -0.461. The molecule has 122 valence electrons. The number of nitrogens with two attached hydrogens (primary N) is 1. The van der Waals surface area contributed by atoms with Crippen LogP contribution in [0.5, 0.6) is 0 Å². The number of ether oxygens (including phenoxy) is 1. The molecule has 9 heteroatoms. The molecule has 0 saturated carbocycles. The van der Waals surface area contributed by atoms with Crippen molar-refractivity contribution in [2.75, 3.05) is 12.3 Å². The van der Waals surface area contributed by atoms with Crippen LogP contribution in [0.1, 0.15) is 37.7 Å². The Labute approximate surface area is 125 Å². The van der Waals surface area contributed by atoms with E-state index in [0.717, 1.165) is 0 Å². The number of halogens is 3. The lowest BCUT2D eigenvalue weighted by Crippen LogP contribution is -2.41. The van der Waals surface area contributed by atoms with Crippen LogP contribution in [-0.4, -0.2) is 33.1 Å². The van der Waals surface area contributed by atoms with Crippen molar-refractivity contribution in [1.82, 2.24) is 14.9 Å². The molecule has 1 aliphatic heterocycles. The Hall–Kier alpha value is -2.06. The third-order valence-corrected chi connectivity index (χ3v) is 3.00. The summed E-state index contributed by atoms with van der Waals surface area (Å²) >= 11 is 0. The highest BCUT2D eigenvalue weighted by atomic mass is 19.4. The molecular weight excluding hydrogens is 301 g/mol. The number of aromatic nitrogens is 2. The number of fused-ring (bicyclic) bond motifs is 1. The Kier molecular flexibility index (Phi) is 3.92. The van der Waals surface area contributed by atoms with E-state index in [0.29, 0.717) is 0 Å². The fourth-order valence-electron chi connectivity index (χ4n) is 2.17. The van der Waals surface area contributed by atoms with E-state index in [1.54, 1.807) is 20.8 Å². The first-order valence-electron chi connectivity index (χ1n) is 6.68. The standard InChI is InChI=1S/C13H17F3N4O2/c1-12(2,3)22-11(21)20-5-4-7-8(6-20)18-10(17)19-9(7)13(14,15)16/h4-6H2,1-3H3,(H2,17,18,19). The zero-order valence-electron chi connectivity index (χ0n) is 12.5. The van der Waals surface area contributed by atoms with Gasteiger partial charge in [0, 0.05) is 12.1 Å². The van der Waals surface area contributed by atoms with Crippen LogP contribution in [0.4, 0.5) is 23.9 Å². The SMILES string of the molecule is CC(C)(C)OC(=O)N1CCc2c(nc(N)nc2C(F)(F)F)C1. The molecule has 0 bridgehead atoms. The molecule has 0 saturated heterocycles. The molecule has 22 heavy (non-hydrogen) atoms. The molecule has 1 aromatic heterocycles. The Bertz CT molecular complexity index is 596. The largest absolute Gasteiger partial charge is 0.444 e. The fourth-order valence-corrected chi connectivity index (χ4v) is 2.17. The van der Waals surface area contributed by atoms with Gasteiger partial charge in [-0.1, -0.05) is 0 Å². The first kappa shape index (κ1) is 16.3. The smallest absolute Gasteiger partial charge is 0.433 e. The average molecular weight is 318 g/mol. The van der Waals surface area contributed by atoms with Gasteiger partial charge in [-0.15, -0.1) is 0 Å². The number of rotatable bonds is 0. The molecule has 0 aromatic carbocycles. The lowest BCUT2D eigenvalue weighted by molar-refractivity contribution is -0.142. The average Bonchev–Trinajstić information content (AvgIpc) is 2.33. The lowest BCUT2D eigenvalue weighted by Gasteiger charge is -2.31. The molecule has 0 fully saturated rings. The van der Waals surface area contributed by atoms with E-state index < -0.39 is 29.5 Å². The Morgan fingerprint density at radius 3 is 2.45 bits per heavy atom. The van der Waals surface area contributed by atoms with Gasteiger partial charge in [0.2, 0.25) is 5.95 Å². The molecule has 1 aromatic rings. The van der Waals surface area contributed by atoms with Crippen LogP contribution < -0.4 is 5.73 Å². The van der Waals surface area contributed by atoms with Gasteiger partial charge in [-0.25, -0.2) is 14.8 Å². The summed E-state index contributed by atoms with van der Waals surface area (Å²) in [6.45, 7) is 5.17. The maximum absolute atomic E-state index is 13.0. The lowest BCUT2D eigenvalue weighted by atomic mass is 10.0. The second kappa shape index (κ2) is 5.29. The predicted molar refractivity (Wildman–Crippen MR) is 71.8 cm³/mol. The zero-order chi connectivity index (χ0) is 16.7. The summed E-state index contributed by atoms with van der Waals surface area (Å²) in [5, 5.41) is 0. The Morgan fingerprint density at radius 1 is 1.27 bits per heavy atom. The monoisotopic (exact) mass is 318 g/mol. The molecule has 2 N–H and O–H groups in total. The topological polar surface area (TPSA) is 81.3 Å². The first-order chi connectivity index (χ1) is 9.97. The van der Waals surface area contributed by atoms with Crippen molar-refractivity contribution in [1.29, 1.82) is 0 Å². The fraction of sp³-hybridized carbons (Fsp3) is 0.615. The summed E-state index contributed by atoms with van der Waals surface area (Å²) in [5.41, 5.74) is 3.73. The molecule has 1 amide bonds. The molecule has 1 aliphatic rings. The second-order valence-electron chi connectivity index (χ2n) is 6.01. The highest BCUT2D eigenvalue weighted by molar-refractivity contribution is 5.68. The minimum absolute atomic E-state index is 0.00367. The van der Waals surface area contributed by atoms with Crippen molar-refractivity contribution in [2.24, 2.45) is 0 Å². The number of nitrogen functional groups attached to an aromatic ring is 1. The van der Waals surface area contributed by atoms with Gasteiger partial charge < -0.3 is 15.4 Å². The molecule has 6 nitrogen and oxygen atoms in total. The number of nitrogens with zero attached hydrogens (tertiary/aromatic N) is 3. The van der Waals surface area contributed by atoms with Crippen LogP contribution in [0.2, 0.25) is 0 Å². The van der Waals surface area contributed by atoms with Crippen molar-refractivity contribution in [2.45, 2.75) is 45.5 Å². The van der Waals surface area contributed by atoms with E-state index in [-0.39, 0.29) is 30.8 Å². The second-order valence-corrected chi connectivity index (χ2v) is 6.01. The molecular formula is C13H17F3N4O2. The van der Waals surface area contributed by atoms with Crippen molar-refractivity contribution in [3.8, 4) is 0 Å². The summed E-state index contributed by atoms with van der Waals surface area (Å²) in [7, 11) is 0. The van der Waals surface area contributed by atoms with Crippen LogP contribution in [-0.2, 0) is 23.9 Å². The zero-order valence-corrected chi connectivity index (χ0v) is 12.5. The normalized spacial score (nSPS) is 15.5. The number of carbonyl (C=O) groups is 1. The third-order valence-electron chi connectivity index (χ3n) is 3.00. The molecule has 2 heterocycles.